The van der Waals surface area contributed by atoms with Gasteiger partial charge >= 0.3 is 0 Å². The van der Waals surface area contributed by atoms with Crippen LogP contribution >= 0.6 is 11.6 Å². The fraction of sp³-hybridized carbons (Fsp3) is 0.438. The molecule has 0 radical (unpaired) electrons. The van der Waals surface area contributed by atoms with Crippen LogP contribution in [-0.4, -0.2) is 9.78 Å². The molecule has 0 aliphatic heterocycles. The number of nitrogens with zero attached hydrogens (tertiary/aromatic N) is 2. The quantitative estimate of drug-likeness (QED) is 0.764. The minimum atomic E-state index is 0.437. The third-order valence-electron chi connectivity index (χ3n) is 3.43. The van der Waals surface area contributed by atoms with Crippen molar-refractivity contribution < 1.29 is 0 Å². The first-order chi connectivity index (χ1) is 8.90. The van der Waals surface area contributed by atoms with E-state index in [1.165, 1.54) is 11.1 Å². The van der Waals surface area contributed by atoms with Crippen molar-refractivity contribution in [1.82, 2.24) is 9.78 Å². The zero-order chi connectivity index (χ0) is 14.2. The lowest BCUT2D eigenvalue weighted by atomic mass is 10.0. The molecule has 0 spiro atoms. The summed E-state index contributed by atoms with van der Waals surface area (Å²) in [6.07, 6.45) is 2.10. The molecule has 0 atom stereocenters. The van der Waals surface area contributed by atoms with E-state index in [0.29, 0.717) is 11.8 Å². The molecule has 1 heterocycles. The van der Waals surface area contributed by atoms with Crippen molar-refractivity contribution in [1.29, 1.82) is 0 Å². The van der Waals surface area contributed by atoms with Crippen LogP contribution < -0.4 is 0 Å². The molecule has 0 N–H and O–H groups in total. The molecule has 1 aromatic carbocycles. The van der Waals surface area contributed by atoms with Gasteiger partial charge in [0.25, 0.3) is 0 Å². The number of rotatable bonds is 3. The Balaban J connectivity index is 2.42. The van der Waals surface area contributed by atoms with Gasteiger partial charge in [-0.2, -0.15) is 5.10 Å². The first-order valence-corrected chi connectivity index (χ1v) is 7.14. The standard InChI is InChI=1S/C16H21ClN2/c1-10(2)14-7-6-13(8-16(14)17)19-9-15(11(3)4)12(5)18-19/h6-11H,1-5H3. The van der Waals surface area contributed by atoms with E-state index >= 15 is 0 Å². The van der Waals surface area contributed by atoms with E-state index in [4.69, 9.17) is 11.6 Å². The van der Waals surface area contributed by atoms with Gasteiger partial charge in [-0.3, -0.25) is 0 Å². The molecule has 0 aliphatic carbocycles. The summed E-state index contributed by atoms with van der Waals surface area (Å²) >= 11 is 6.34. The summed E-state index contributed by atoms with van der Waals surface area (Å²) < 4.78 is 1.92. The first-order valence-electron chi connectivity index (χ1n) is 6.76. The van der Waals surface area contributed by atoms with Crippen LogP contribution in [0, 0.1) is 6.92 Å². The van der Waals surface area contributed by atoms with Crippen LogP contribution in [0.1, 0.15) is 56.4 Å². The Morgan fingerprint density at radius 2 is 1.68 bits per heavy atom. The summed E-state index contributed by atoms with van der Waals surface area (Å²) in [5.74, 6) is 0.922. The van der Waals surface area contributed by atoms with E-state index in [0.717, 1.165) is 16.4 Å². The maximum absolute atomic E-state index is 6.34. The van der Waals surface area contributed by atoms with Crippen molar-refractivity contribution in [3.63, 3.8) is 0 Å². The van der Waals surface area contributed by atoms with E-state index < -0.39 is 0 Å². The number of hydrogen-bond donors (Lipinski definition) is 0. The van der Waals surface area contributed by atoms with Crippen molar-refractivity contribution in [3.8, 4) is 5.69 Å². The summed E-state index contributed by atoms with van der Waals surface area (Å²) in [6, 6.07) is 6.17. The summed E-state index contributed by atoms with van der Waals surface area (Å²) in [4.78, 5) is 0. The Morgan fingerprint density at radius 1 is 1.05 bits per heavy atom. The molecule has 2 nitrogen and oxygen atoms in total. The molecule has 0 unspecified atom stereocenters. The monoisotopic (exact) mass is 276 g/mol. The van der Waals surface area contributed by atoms with Crippen LogP contribution in [0.3, 0.4) is 0 Å². The first kappa shape index (κ1) is 14.1. The van der Waals surface area contributed by atoms with Crippen molar-refractivity contribution in [2.75, 3.05) is 0 Å². The zero-order valence-corrected chi connectivity index (χ0v) is 13.0. The number of hydrogen-bond acceptors (Lipinski definition) is 1. The van der Waals surface area contributed by atoms with Crippen molar-refractivity contribution in [3.05, 3.63) is 46.2 Å². The normalized spacial score (nSPS) is 11.6. The second-order valence-corrected chi connectivity index (χ2v) is 6.04. The van der Waals surface area contributed by atoms with Crippen molar-refractivity contribution >= 4 is 11.6 Å². The smallest absolute Gasteiger partial charge is 0.0660 e. The minimum absolute atomic E-state index is 0.437. The van der Waals surface area contributed by atoms with E-state index in [1.807, 2.05) is 10.7 Å². The highest BCUT2D eigenvalue weighted by atomic mass is 35.5. The van der Waals surface area contributed by atoms with Crippen LogP contribution in [0.5, 0.6) is 0 Å². The minimum Gasteiger partial charge on any atom is -0.240 e. The van der Waals surface area contributed by atoms with Gasteiger partial charge in [0.15, 0.2) is 0 Å². The Bertz CT molecular complexity index is 582. The Kier molecular flexibility index (Phi) is 4.00. The molecule has 2 rings (SSSR count). The van der Waals surface area contributed by atoms with Crippen LogP contribution in [0.4, 0.5) is 0 Å². The third-order valence-corrected chi connectivity index (χ3v) is 3.76. The van der Waals surface area contributed by atoms with Gasteiger partial charge < -0.3 is 0 Å². The lowest BCUT2D eigenvalue weighted by Crippen LogP contribution is -1.97. The molecule has 1 aromatic heterocycles. The average Bonchev–Trinajstić information content (AvgIpc) is 2.70. The van der Waals surface area contributed by atoms with Gasteiger partial charge in [-0.25, -0.2) is 4.68 Å². The highest BCUT2D eigenvalue weighted by molar-refractivity contribution is 6.31. The predicted octanol–water partition coefficient (Wildman–Crippen LogP) is 5.08. The number of halogens is 1. The Morgan fingerprint density at radius 3 is 2.16 bits per heavy atom. The SMILES string of the molecule is Cc1nn(-c2ccc(C(C)C)c(Cl)c2)cc1C(C)C. The topological polar surface area (TPSA) is 17.8 Å². The summed E-state index contributed by atoms with van der Waals surface area (Å²) in [5.41, 5.74) is 4.56. The highest BCUT2D eigenvalue weighted by Gasteiger charge is 2.11. The lowest BCUT2D eigenvalue weighted by molar-refractivity contribution is 0.846. The van der Waals surface area contributed by atoms with Crippen LogP contribution in [-0.2, 0) is 0 Å². The molecular formula is C16H21ClN2. The third kappa shape index (κ3) is 2.84. The second kappa shape index (κ2) is 5.38. The van der Waals surface area contributed by atoms with Crippen LogP contribution in [0.15, 0.2) is 24.4 Å². The van der Waals surface area contributed by atoms with Gasteiger partial charge in [0.05, 0.1) is 11.4 Å². The molecule has 102 valence electrons. The molecule has 0 bridgehead atoms. The van der Waals surface area contributed by atoms with Gasteiger partial charge in [-0.05, 0) is 42.0 Å². The predicted molar refractivity (Wildman–Crippen MR) is 81.5 cm³/mol. The number of benzene rings is 1. The molecule has 3 heteroatoms. The fourth-order valence-electron chi connectivity index (χ4n) is 2.30. The van der Waals surface area contributed by atoms with Gasteiger partial charge in [-0.15, -0.1) is 0 Å². The number of aryl methyl sites for hydroxylation is 1. The maximum atomic E-state index is 6.34. The summed E-state index contributed by atoms with van der Waals surface area (Å²) in [7, 11) is 0. The van der Waals surface area contributed by atoms with Gasteiger partial charge in [-0.1, -0.05) is 45.4 Å². The molecule has 19 heavy (non-hydrogen) atoms. The molecule has 0 saturated heterocycles. The largest absolute Gasteiger partial charge is 0.240 e. The second-order valence-electron chi connectivity index (χ2n) is 5.63. The van der Waals surface area contributed by atoms with Gasteiger partial charge in [0.1, 0.15) is 0 Å². The van der Waals surface area contributed by atoms with E-state index in [2.05, 4.69) is 58.0 Å². The Hall–Kier alpha value is -1.28. The van der Waals surface area contributed by atoms with E-state index in [-0.39, 0.29) is 0 Å². The Labute approximate surface area is 120 Å². The van der Waals surface area contributed by atoms with Gasteiger partial charge in [0, 0.05) is 11.2 Å². The molecular weight excluding hydrogens is 256 g/mol. The maximum Gasteiger partial charge on any atom is 0.0660 e. The molecule has 0 amide bonds. The number of aromatic nitrogens is 2. The fourth-order valence-corrected chi connectivity index (χ4v) is 2.69. The molecule has 0 aliphatic rings. The van der Waals surface area contributed by atoms with Crippen molar-refractivity contribution in [2.24, 2.45) is 0 Å². The van der Waals surface area contributed by atoms with E-state index in [1.54, 1.807) is 0 Å². The summed E-state index contributed by atoms with van der Waals surface area (Å²) in [6.45, 7) is 10.7. The zero-order valence-electron chi connectivity index (χ0n) is 12.2. The van der Waals surface area contributed by atoms with Crippen molar-refractivity contribution in [2.45, 2.75) is 46.5 Å². The highest BCUT2D eigenvalue weighted by Crippen LogP contribution is 2.27. The molecule has 0 saturated carbocycles. The summed E-state index contributed by atoms with van der Waals surface area (Å²) in [5, 5.41) is 5.39. The van der Waals surface area contributed by atoms with E-state index in [9.17, 15) is 0 Å². The van der Waals surface area contributed by atoms with Gasteiger partial charge in [0.2, 0.25) is 0 Å². The lowest BCUT2D eigenvalue weighted by Gasteiger charge is -2.10. The molecule has 0 fully saturated rings. The van der Waals surface area contributed by atoms with Crippen LogP contribution in [0.2, 0.25) is 5.02 Å². The molecule has 2 aromatic rings. The average molecular weight is 277 g/mol. The van der Waals surface area contributed by atoms with Crippen LogP contribution in [0.25, 0.3) is 5.69 Å².